The Bertz CT molecular complexity index is 1270. The Hall–Kier alpha value is -3.94. The second kappa shape index (κ2) is 10.3. The summed E-state index contributed by atoms with van der Waals surface area (Å²) in [6.07, 6.45) is 2.29. The van der Waals surface area contributed by atoms with Crippen molar-refractivity contribution in [2.75, 3.05) is 6.61 Å². The minimum atomic E-state index is -0.565. The lowest BCUT2D eigenvalue weighted by molar-refractivity contribution is 0.00476. The van der Waals surface area contributed by atoms with Gasteiger partial charge in [0.05, 0.1) is 17.7 Å². The highest BCUT2D eigenvalue weighted by Gasteiger charge is 2.39. The third kappa shape index (κ3) is 5.17. The highest BCUT2D eigenvalue weighted by Crippen LogP contribution is 2.37. The number of H-pyrrole nitrogens is 1. The lowest BCUT2D eigenvalue weighted by Gasteiger charge is -2.19. The quantitative estimate of drug-likeness (QED) is 0.541. The second-order valence-corrected chi connectivity index (χ2v) is 8.33. The van der Waals surface area contributed by atoms with Gasteiger partial charge in [-0.2, -0.15) is 0 Å². The first-order chi connectivity index (χ1) is 16.5. The molecule has 0 amide bonds. The van der Waals surface area contributed by atoms with Crippen LogP contribution in [0.1, 0.15) is 52.1 Å². The molecule has 3 atom stereocenters. The van der Waals surface area contributed by atoms with Gasteiger partial charge in [0, 0.05) is 30.1 Å². The number of nitrogens with zero attached hydrogens (tertiary/aromatic N) is 1. The van der Waals surface area contributed by atoms with Crippen molar-refractivity contribution in [3.05, 3.63) is 104 Å². The summed E-state index contributed by atoms with van der Waals surface area (Å²) in [5, 5.41) is 0. The van der Waals surface area contributed by atoms with Crippen molar-refractivity contribution in [1.82, 2.24) is 9.55 Å². The molecule has 176 valence electrons. The van der Waals surface area contributed by atoms with E-state index in [1.54, 1.807) is 54.7 Å². The fourth-order valence-corrected chi connectivity index (χ4v) is 4.28. The van der Waals surface area contributed by atoms with Gasteiger partial charge in [0.1, 0.15) is 6.10 Å². The van der Waals surface area contributed by atoms with Crippen LogP contribution in [0.3, 0.4) is 0 Å². The van der Waals surface area contributed by atoms with Crippen LogP contribution in [0.25, 0.3) is 0 Å². The van der Waals surface area contributed by atoms with Gasteiger partial charge in [-0.15, -0.1) is 0 Å². The molecule has 1 fully saturated rings. The van der Waals surface area contributed by atoms with Crippen molar-refractivity contribution in [2.24, 2.45) is 5.92 Å². The molecule has 0 bridgehead atoms. The smallest absolute Gasteiger partial charge is 0.338 e. The zero-order chi connectivity index (χ0) is 24.1. The van der Waals surface area contributed by atoms with Crippen LogP contribution in [0.2, 0.25) is 0 Å². The second-order valence-electron chi connectivity index (χ2n) is 8.33. The van der Waals surface area contributed by atoms with E-state index in [-0.39, 0.29) is 18.6 Å². The SMILES string of the molecule is CCc1cn(C2CC(COC(=O)c3ccccc3)C(OC(=O)c3ccccc3)C2)c(=O)[nH]c1=O. The summed E-state index contributed by atoms with van der Waals surface area (Å²) >= 11 is 0. The zero-order valence-electron chi connectivity index (χ0n) is 18.8. The van der Waals surface area contributed by atoms with Crippen LogP contribution in [-0.2, 0) is 15.9 Å². The fourth-order valence-electron chi connectivity index (χ4n) is 4.28. The molecule has 0 radical (unpaired) electrons. The maximum absolute atomic E-state index is 12.7. The van der Waals surface area contributed by atoms with Crippen LogP contribution in [0.5, 0.6) is 0 Å². The number of aryl methyl sites for hydroxylation is 1. The molecule has 0 aliphatic heterocycles. The van der Waals surface area contributed by atoms with Crippen molar-refractivity contribution < 1.29 is 19.1 Å². The number of esters is 2. The molecule has 2 aromatic carbocycles. The van der Waals surface area contributed by atoms with Crippen molar-refractivity contribution in [2.45, 2.75) is 38.3 Å². The van der Waals surface area contributed by atoms with Crippen molar-refractivity contribution >= 4 is 11.9 Å². The Kier molecular flexibility index (Phi) is 7.06. The predicted octanol–water partition coefficient (Wildman–Crippen LogP) is 3.13. The number of carbonyl (C=O) groups excluding carboxylic acids is 2. The van der Waals surface area contributed by atoms with Gasteiger partial charge in [0.25, 0.3) is 5.56 Å². The van der Waals surface area contributed by atoms with Crippen molar-refractivity contribution in [3.8, 4) is 0 Å². The van der Waals surface area contributed by atoms with E-state index in [0.29, 0.717) is 36.0 Å². The molecule has 3 aromatic rings. The van der Waals surface area contributed by atoms with Crippen LogP contribution >= 0.6 is 0 Å². The van der Waals surface area contributed by atoms with Crippen LogP contribution in [0.15, 0.2) is 76.4 Å². The van der Waals surface area contributed by atoms with Crippen LogP contribution in [0.4, 0.5) is 0 Å². The number of hydrogen-bond acceptors (Lipinski definition) is 6. The number of benzene rings is 2. The summed E-state index contributed by atoms with van der Waals surface area (Å²) in [6.45, 7) is 1.88. The Morgan fingerprint density at radius 1 is 0.941 bits per heavy atom. The molecule has 1 saturated carbocycles. The van der Waals surface area contributed by atoms with Gasteiger partial charge in [0.15, 0.2) is 0 Å². The maximum atomic E-state index is 12.7. The molecule has 8 heteroatoms. The number of carbonyl (C=O) groups is 2. The minimum absolute atomic E-state index is 0.0374. The van der Waals surface area contributed by atoms with Crippen LogP contribution in [-0.4, -0.2) is 34.2 Å². The standard InChI is InChI=1S/C26H26N2O6/c1-2-17-15-28(26(32)27-23(17)29)21-13-20(16-33-24(30)18-9-5-3-6-10-18)22(14-21)34-25(31)19-11-7-4-8-12-19/h3-12,15,20-22H,2,13-14,16H2,1H3,(H,27,29,32). The first-order valence-electron chi connectivity index (χ1n) is 11.3. The Balaban J connectivity index is 1.55. The van der Waals surface area contributed by atoms with E-state index in [9.17, 15) is 19.2 Å². The molecule has 1 N–H and O–H groups in total. The van der Waals surface area contributed by atoms with E-state index >= 15 is 0 Å². The van der Waals surface area contributed by atoms with E-state index in [2.05, 4.69) is 4.98 Å². The molecule has 1 aliphatic rings. The van der Waals surface area contributed by atoms with E-state index in [1.165, 1.54) is 4.57 Å². The maximum Gasteiger partial charge on any atom is 0.338 e. The first kappa shape index (κ1) is 23.2. The van der Waals surface area contributed by atoms with E-state index in [4.69, 9.17) is 9.47 Å². The molecule has 1 heterocycles. The molecule has 1 aliphatic carbocycles. The molecule has 0 saturated heterocycles. The van der Waals surface area contributed by atoms with Gasteiger partial charge in [0.2, 0.25) is 0 Å². The van der Waals surface area contributed by atoms with Crippen LogP contribution in [0, 0.1) is 5.92 Å². The largest absolute Gasteiger partial charge is 0.462 e. The molecule has 8 nitrogen and oxygen atoms in total. The van der Waals surface area contributed by atoms with E-state index in [1.807, 2.05) is 19.1 Å². The Morgan fingerprint density at radius 2 is 1.56 bits per heavy atom. The van der Waals surface area contributed by atoms with E-state index in [0.717, 1.165) is 0 Å². The van der Waals surface area contributed by atoms with Gasteiger partial charge in [-0.3, -0.25) is 14.3 Å². The van der Waals surface area contributed by atoms with Crippen LogP contribution < -0.4 is 11.2 Å². The lowest BCUT2D eigenvalue weighted by atomic mass is 10.1. The number of rotatable bonds is 7. The third-order valence-electron chi connectivity index (χ3n) is 6.13. The van der Waals surface area contributed by atoms with Gasteiger partial charge in [-0.05, 0) is 37.1 Å². The number of aromatic amines is 1. The molecular weight excluding hydrogens is 436 g/mol. The predicted molar refractivity (Wildman–Crippen MR) is 125 cm³/mol. The van der Waals surface area contributed by atoms with Gasteiger partial charge in [-0.1, -0.05) is 43.3 Å². The number of nitrogens with one attached hydrogen (secondary N) is 1. The summed E-state index contributed by atoms with van der Waals surface area (Å²) in [5.41, 5.74) is 0.431. The normalized spacial score (nSPS) is 19.5. The molecule has 3 unspecified atom stereocenters. The molecule has 1 aromatic heterocycles. The number of hydrogen-bond donors (Lipinski definition) is 1. The number of ether oxygens (including phenoxy) is 2. The zero-order valence-corrected chi connectivity index (χ0v) is 18.8. The Labute approximate surface area is 196 Å². The molecular formula is C26H26N2O6. The average Bonchev–Trinajstić information content (AvgIpc) is 3.25. The summed E-state index contributed by atoms with van der Waals surface area (Å²) in [6, 6.07) is 17.0. The third-order valence-corrected chi connectivity index (χ3v) is 6.13. The average molecular weight is 463 g/mol. The first-order valence-corrected chi connectivity index (χ1v) is 11.3. The van der Waals surface area contributed by atoms with Gasteiger partial charge in [-0.25, -0.2) is 14.4 Å². The van der Waals surface area contributed by atoms with Crippen molar-refractivity contribution in [3.63, 3.8) is 0 Å². The number of aromatic nitrogens is 2. The monoisotopic (exact) mass is 462 g/mol. The lowest BCUT2D eigenvalue weighted by Crippen LogP contribution is -2.33. The summed E-state index contributed by atoms with van der Waals surface area (Å²) in [7, 11) is 0. The van der Waals surface area contributed by atoms with Gasteiger partial charge < -0.3 is 9.47 Å². The molecule has 0 spiro atoms. The van der Waals surface area contributed by atoms with Gasteiger partial charge >= 0.3 is 17.6 Å². The molecule has 4 rings (SSSR count). The summed E-state index contributed by atoms with van der Waals surface area (Å²) in [5.74, 6) is -1.26. The fraction of sp³-hybridized carbons (Fsp3) is 0.308. The highest BCUT2D eigenvalue weighted by atomic mass is 16.6. The topological polar surface area (TPSA) is 107 Å². The summed E-state index contributed by atoms with van der Waals surface area (Å²) < 4.78 is 12.8. The van der Waals surface area contributed by atoms with Crippen molar-refractivity contribution in [1.29, 1.82) is 0 Å². The Morgan fingerprint density at radius 3 is 2.18 bits per heavy atom. The minimum Gasteiger partial charge on any atom is -0.462 e. The summed E-state index contributed by atoms with van der Waals surface area (Å²) in [4.78, 5) is 52.0. The molecule has 34 heavy (non-hydrogen) atoms. The highest BCUT2D eigenvalue weighted by molar-refractivity contribution is 5.90. The van der Waals surface area contributed by atoms with E-state index < -0.39 is 29.3 Å².